The average Bonchev–Trinajstić information content (AvgIpc) is 2.60. The van der Waals surface area contributed by atoms with Crippen molar-refractivity contribution >= 4 is 11.6 Å². The number of rotatable bonds is 7. The fourth-order valence-corrected chi connectivity index (χ4v) is 2.63. The van der Waals surface area contributed by atoms with Crippen molar-refractivity contribution in [2.45, 2.75) is 26.2 Å². The van der Waals surface area contributed by atoms with Gasteiger partial charge in [0, 0.05) is 38.2 Å². The molecule has 5 heteroatoms. The number of carbonyl (C=O) groups excluding carboxylic acids is 1. The van der Waals surface area contributed by atoms with Gasteiger partial charge in [0.2, 0.25) is 0 Å². The van der Waals surface area contributed by atoms with E-state index in [0.29, 0.717) is 26.3 Å². The molecular weight excluding hydrogens is 290 g/mol. The van der Waals surface area contributed by atoms with Crippen LogP contribution in [-0.4, -0.2) is 32.2 Å². The van der Waals surface area contributed by atoms with E-state index in [0.717, 1.165) is 30.5 Å². The van der Waals surface area contributed by atoms with Crippen LogP contribution in [-0.2, 0) is 16.0 Å². The SMILES string of the molecule is CCOCCCN/C=C(/C#N)C(=O)N1CCCc2ccccc21. The predicted octanol–water partition coefficient (Wildman–Crippen LogP) is 2.39. The summed E-state index contributed by atoms with van der Waals surface area (Å²) in [4.78, 5) is 14.3. The van der Waals surface area contributed by atoms with Crippen molar-refractivity contribution in [1.29, 1.82) is 5.26 Å². The van der Waals surface area contributed by atoms with Crippen molar-refractivity contribution < 1.29 is 9.53 Å². The van der Waals surface area contributed by atoms with Gasteiger partial charge in [0.05, 0.1) is 0 Å². The van der Waals surface area contributed by atoms with Crippen LogP contribution >= 0.6 is 0 Å². The van der Waals surface area contributed by atoms with Gasteiger partial charge in [-0.1, -0.05) is 18.2 Å². The molecule has 1 aliphatic heterocycles. The summed E-state index contributed by atoms with van der Waals surface area (Å²) in [7, 11) is 0. The van der Waals surface area contributed by atoms with Gasteiger partial charge >= 0.3 is 0 Å². The number of para-hydroxylation sites is 1. The van der Waals surface area contributed by atoms with E-state index in [2.05, 4.69) is 5.32 Å². The first-order valence-corrected chi connectivity index (χ1v) is 8.09. The molecule has 0 aliphatic carbocycles. The fourth-order valence-electron chi connectivity index (χ4n) is 2.63. The molecule has 1 aliphatic rings. The van der Waals surface area contributed by atoms with Crippen LogP contribution in [0.2, 0.25) is 0 Å². The first-order valence-electron chi connectivity index (χ1n) is 8.09. The van der Waals surface area contributed by atoms with Crippen LogP contribution in [0.3, 0.4) is 0 Å². The molecule has 1 aromatic carbocycles. The molecule has 5 nitrogen and oxygen atoms in total. The molecule has 0 fully saturated rings. The van der Waals surface area contributed by atoms with Crippen LogP contribution in [0.5, 0.6) is 0 Å². The van der Waals surface area contributed by atoms with Gasteiger partial charge in [-0.15, -0.1) is 0 Å². The molecule has 1 amide bonds. The lowest BCUT2D eigenvalue weighted by Crippen LogP contribution is -2.36. The molecule has 0 atom stereocenters. The Morgan fingerprint density at radius 2 is 2.30 bits per heavy atom. The van der Waals surface area contributed by atoms with Crippen molar-refractivity contribution in [3.8, 4) is 6.07 Å². The van der Waals surface area contributed by atoms with E-state index >= 15 is 0 Å². The molecule has 0 bridgehead atoms. The number of carbonyl (C=O) groups is 1. The molecule has 0 aromatic heterocycles. The third kappa shape index (κ3) is 4.57. The summed E-state index contributed by atoms with van der Waals surface area (Å²) >= 11 is 0. The van der Waals surface area contributed by atoms with Crippen LogP contribution in [0.4, 0.5) is 5.69 Å². The maximum atomic E-state index is 12.6. The summed E-state index contributed by atoms with van der Waals surface area (Å²) in [6.07, 6.45) is 4.25. The summed E-state index contributed by atoms with van der Waals surface area (Å²) in [5, 5.41) is 12.3. The van der Waals surface area contributed by atoms with Crippen LogP contribution in [0.15, 0.2) is 36.0 Å². The number of hydrogen-bond donors (Lipinski definition) is 1. The lowest BCUT2D eigenvalue weighted by Gasteiger charge is -2.29. The zero-order valence-corrected chi connectivity index (χ0v) is 13.5. The summed E-state index contributed by atoms with van der Waals surface area (Å²) in [5.41, 5.74) is 2.22. The summed E-state index contributed by atoms with van der Waals surface area (Å²) in [6.45, 7) is 4.66. The van der Waals surface area contributed by atoms with Crippen LogP contribution in [0.25, 0.3) is 0 Å². The van der Waals surface area contributed by atoms with E-state index in [-0.39, 0.29) is 11.5 Å². The molecule has 1 heterocycles. The smallest absolute Gasteiger partial charge is 0.270 e. The Kier molecular flexibility index (Phi) is 6.64. The van der Waals surface area contributed by atoms with Crippen LogP contribution in [0.1, 0.15) is 25.3 Å². The lowest BCUT2D eigenvalue weighted by atomic mass is 10.0. The van der Waals surface area contributed by atoms with E-state index in [4.69, 9.17) is 4.74 Å². The standard InChI is InChI=1S/C18H23N3O2/c1-2-23-12-6-10-20-14-16(13-19)18(22)21-11-5-8-15-7-3-4-9-17(15)21/h3-4,7,9,14,20H,2,5-6,8,10-12H2,1H3/b16-14-. The highest BCUT2D eigenvalue weighted by atomic mass is 16.5. The van der Waals surface area contributed by atoms with Gasteiger partial charge in [0.15, 0.2) is 0 Å². The normalized spacial score (nSPS) is 14.1. The average molecular weight is 313 g/mol. The number of amides is 1. The van der Waals surface area contributed by atoms with E-state index in [1.807, 2.05) is 37.3 Å². The highest BCUT2D eigenvalue weighted by Gasteiger charge is 2.24. The minimum absolute atomic E-state index is 0.137. The quantitative estimate of drug-likeness (QED) is 0.477. The third-order valence-electron chi connectivity index (χ3n) is 3.77. The Balaban J connectivity index is 1.99. The maximum Gasteiger partial charge on any atom is 0.270 e. The van der Waals surface area contributed by atoms with E-state index in [9.17, 15) is 10.1 Å². The van der Waals surface area contributed by atoms with Crippen LogP contribution in [0, 0.1) is 11.3 Å². The van der Waals surface area contributed by atoms with Gasteiger partial charge in [0.25, 0.3) is 5.91 Å². The van der Waals surface area contributed by atoms with Gasteiger partial charge in [-0.25, -0.2) is 0 Å². The largest absolute Gasteiger partial charge is 0.390 e. The van der Waals surface area contributed by atoms with E-state index in [1.165, 1.54) is 6.20 Å². The monoisotopic (exact) mass is 313 g/mol. The molecule has 23 heavy (non-hydrogen) atoms. The van der Waals surface area contributed by atoms with Crippen molar-refractivity contribution in [2.24, 2.45) is 0 Å². The van der Waals surface area contributed by atoms with E-state index < -0.39 is 0 Å². The molecule has 2 rings (SSSR count). The Bertz CT molecular complexity index is 605. The minimum atomic E-state index is -0.239. The molecule has 0 radical (unpaired) electrons. The van der Waals surface area contributed by atoms with Gasteiger partial charge < -0.3 is 15.0 Å². The Hall–Kier alpha value is -2.32. The number of benzene rings is 1. The summed E-state index contributed by atoms with van der Waals surface area (Å²) in [6, 6.07) is 9.89. The number of hydrogen-bond acceptors (Lipinski definition) is 4. The summed E-state index contributed by atoms with van der Waals surface area (Å²) in [5.74, 6) is -0.239. The van der Waals surface area contributed by atoms with Gasteiger partial charge in [-0.2, -0.15) is 5.26 Å². The fraction of sp³-hybridized carbons (Fsp3) is 0.444. The highest BCUT2D eigenvalue weighted by Crippen LogP contribution is 2.27. The molecule has 1 aromatic rings. The number of aryl methyl sites for hydroxylation is 1. The van der Waals surface area contributed by atoms with Crippen molar-refractivity contribution in [3.05, 3.63) is 41.6 Å². The predicted molar refractivity (Wildman–Crippen MR) is 89.9 cm³/mol. The third-order valence-corrected chi connectivity index (χ3v) is 3.77. The van der Waals surface area contributed by atoms with Crippen LogP contribution < -0.4 is 10.2 Å². The first-order chi connectivity index (χ1) is 11.3. The molecule has 0 spiro atoms. The van der Waals surface area contributed by atoms with Gasteiger partial charge in [-0.05, 0) is 37.8 Å². The lowest BCUT2D eigenvalue weighted by molar-refractivity contribution is -0.114. The Morgan fingerprint density at radius 1 is 1.48 bits per heavy atom. The first kappa shape index (κ1) is 17.0. The highest BCUT2D eigenvalue weighted by molar-refractivity contribution is 6.08. The van der Waals surface area contributed by atoms with Crippen molar-refractivity contribution in [1.82, 2.24) is 5.32 Å². The zero-order chi connectivity index (χ0) is 16.5. The molecule has 0 saturated heterocycles. The number of anilines is 1. The summed E-state index contributed by atoms with van der Waals surface area (Å²) < 4.78 is 5.25. The number of nitrogens with zero attached hydrogens (tertiary/aromatic N) is 2. The minimum Gasteiger partial charge on any atom is -0.390 e. The Labute approximate surface area is 137 Å². The molecular formula is C18H23N3O2. The second-order valence-electron chi connectivity index (χ2n) is 5.36. The van der Waals surface area contributed by atoms with Crippen molar-refractivity contribution in [2.75, 3.05) is 31.2 Å². The number of ether oxygens (including phenoxy) is 1. The Morgan fingerprint density at radius 3 is 3.09 bits per heavy atom. The maximum absolute atomic E-state index is 12.6. The second-order valence-corrected chi connectivity index (χ2v) is 5.36. The van der Waals surface area contributed by atoms with Gasteiger partial charge in [-0.3, -0.25) is 4.79 Å². The number of fused-ring (bicyclic) bond motifs is 1. The molecule has 0 unspecified atom stereocenters. The topological polar surface area (TPSA) is 65.4 Å². The number of nitrogens with one attached hydrogen (secondary N) is 1. The molecule has 122 valence electrons. The van der Waals surface area contributed by atoms with E-state index in [1.54, 1.807) is 4.90 Å². The number of nitriles is 1. The molecule has 1 N–H and O–H groups in total. The van der Waals surface area contributed by atoms with Gasteiger partial charge in [0.1, 0.15) is 11.6 Å². The van der Waals surface area contributed by atoms with Crippen molar-refractivity contribution in [3.63, 3.8) is 0 Å². The molecule has 0 saturated carbocycles. The zero-order valence-electron chi connectivity index (χ0n) is 13.5. The second kappa shape index (κ2) is 8.96.